The van der Waals surface area contributed by atoms with Crippen molar-refractivity contribution < 1.29 is 4.79 Å². The maximum atomic E-state index is 11.1. The van der Waals surface area contributed by atoms with E-state index in [1.54, 1.807) is 0 Å². The minimum atomic E-state index is 0.297. The molecular weight excluding hydrogens is 140 g/mol. The van der Waals surface area contributed by atoms with Crippen LogP contribution in [0.5, 0.6) is 0 Å². The summed E-state index contributed by atoms with van der Waals surface area (Å²) in [6.45, 7) is 4.52. The molecule has 3 heteroatoms. The summed E-state index contributed by atoms with van der Waals surface area (Å²) in [4.78, 5) is 13.0. The SMILES string of the molecule is CC(CN)CN1CCCC1=O. The van der Waals surface area contributed by atoms with Crippen LogP contribution in [0.3, 0.4) is 0 Å². The average molecular weight is 156 g/mol. The first-order valence-corrected chi connectivity index (χ1v) is 4.22. The summed E-state index contributed by atoms with van der Waals surface area (Å²) in [5, 5.41) is 0. The lowest BCUT2D eigenvalue weighted by molar-refractivity contribution is -0.128. The lowest BCUT2D eigenvalue weighted by atomic mass is 10.2. The maximum absolute atomic E-state index is 11.1. The fraction of sp³-hybridized carbons (Fsp3) is 0.875. The molecule has 1 rings (SSSR count). The van der Waals surface area contributed by atoms with Crippen LogP contribution in [0.15, 0.2) is 0 Å². The van der Waals surface area contributed by atoms with Gasteiger partial charge in [0.15, 0.2) is 0 Å². The molecule has 1 heterocycles. The molecule has 1 aliphatic heterocycles. The van der Waals surface area contributed by atoms with E-state index in [0.717, 1.165) is 25.9 Å². The van der Waals surface area contributed by atoms with Gasteiger partial charge in [-0.05, 0) is 18.9 Å². The smallest absolute Gasteiger partial charge is 0.222 e. The molecule has 1 atom stereocenters. The third-order valence-electron chi connectivity index (χ3n) is 2.11. The molecule has 1 fully saturated rings. The highest BCUT2D eigenvalue weighted by Gasteiger charge is 2.20. The average Bonchev–Trinajstić information content (AvgIpc) is 2.37. The molecule has 11 heavy (non-hydrogen) atoms. The second-order valence-corrected chi connectivity index (χ2v) is 3.28. The summed E-state index contributed by atoms with van der Waals surface area (Å²) in [5.41, 5.74) is 5.46. The zero-order valence-electron chi connectivity index (χ0n) is 7.05. The largest absolute Gasteiger partial charge is 0.342 e. The van der Waals surface area contributed by atoms with Gasteiger partial charge < -0.3 is 10.6 Å². The third kappa shape index (κ3) is 2.19. The zero-order chi connectivity index (χ0) is 8.27. The Balaban J connectivity index is 2.30. The molecule has 0 aliphatic carbocycles. The minimum absolute atomic E-state index is 0.297. The van der Waals surface area contributed by atoms with Gasteiger partial charge in [0.05, 0.1) is 0 Å². The topological polar surface area (TPSA) is 46.3 Å². The Bertz CT molecular complexity index is 147. The van der Waals surface area contributed by atoms with Gasteiger partial charge in [0, 0.05) is 19.5 Å². The lowest BCUT2D eigenvalue weighted by Crippen LogP contribution is -2.32. The molecule has 0 saturated carbocycles. The second-order valence-electron chi connectivity index (χ2n) is 3.28. The molecular formula is C8H16N2O. The summed E-state index contributed by atoms with van der Waals surface area (Å²) in [6.07, 6.45) is 1.76. The van der Waals surface area contributed by atoms with Gasteiger partial charge in [-0.2, -0.15) is 0 Å². The number of carbonyl (C=O) groups is 1. The summed E-state index contributed by atoms with van der Waals surface area (Å²) in [7, 11) is 0. The normalized spacial score (nSPS) is 20.9. The number of likely N-dealkylation sites (tertiary alicyclic amines) is 1. The van der Waals surface area contributed by atoms with E-state index >= 15 is 0 Å². The van der Waals surface area contributed by atoms with Crippen molar-refractivity contribution in [3.8, 4) is 0 Å². The first kappa shape index (κ1) is 8.53. The van der Waals surface area contributed by atoms with Gasteiger partial charge >= 0.3 is 0 Å². The Morgan fingerprint density at radius 3 is 2.91 bits per heavy atom. The van der Waals surface area contributed by atoms with E-state index in [9.17, 15) is 4.79 Å². The number of rotatable bonds is 3. The molecule has 1 unspecified atom stereocenters. The van der Waals surface area contributed by atoms with Crippen molar-refractivity contribution in [2.75, 3.05) is 19.6 Å². The van der Waals surface area contributed by atoms with Crippen LogP contribution in [0.2, 0.25) is 0 Å². The summed E-state index contributed by atoms with van der Waals surface area (Å²) >= 11 is 0. The van der Waals surface area contributed by atoms with Crippen molar-refractivity contribution in [2.45, 2.75) is 19.8 Å². The molecule has 1 amide bonds. The van der Waals surface area contributed by atoms with Gasteiger partial charge in [-0.15, -0.1) is 0 Å². The molecule has 64 valence electrons. The van der Waals surface area contributed by atoms with Crippen molar-refractivity contribution in [1.29, 1.82) is 0 Å². The monoisotopic (exact) mass is 156 g/mol. The van der Waals surface area contributed by atoms with Crippen LogP contribution in [0, 0.1) is 5.92 Å². The quantitative estimate of drug-likeness (QED) is 0.634. The van der Waals surface area contributed by atoms with Crippen LogP contribution in [-0.2, 0) is 4.79 Å². The molecule has 1 saturated heterocycles. The van der Waals surface area contributed by atoms with E-state index in [0.29, 0.717) is 18.4 Å². The van der Waals surface area contributed by atoms with Crippen LogP contribution < -0.4 is 5.73 Å². The van der Waals surface area contributed by atoms with Gasteiger partial charge in [-0.1, -0.05) is 6.92 Å². The van der Waals surface area contributed by atoms with Gasteiger partial charge in [-0.3, -0.25) is 4.79 Å². The molecule has 0 aromatic carbocycles. The highest BCUT2D eigenvalue weighted by atomic mass is 16.2. The Morgan fingerprint density at radius 2 is 2.45 bits per heavy atom. The van der Waals surface area contributed by atoms with E-state index in [1.165, 1.54) is 0 Å². The highest BCUT2D eigenvalue weighted by Crippen LogP contribution is 2.11. The predicted molar refractivity (Wildman–Crippen MR) is 44.0 cm³/mol. The van der Waals surface area contributed by atoms with Gasteiger partial charge in [0.25, 0.3) is 0 Å². The van der Waals surface area contributed by atoms with Gasteiger partial charge in [0.2, 0.25) is 5.91 Å². The van der Waals surface area contributed by atoms with E-state index in [4.69, 9.17) is 5.73 Å². The Hall–Kier alpha value is -0.570. The fourth-order valence-electron chi connectivity index (χ4n) is 1.35. The Labute approximate surface area is 67.5 Å². The van der Waals surface area contributed by atoms with Crippen LogP contribution in [0.25, 0.3) is 0 Å². The number of hydrogen-bond donors (Lipinski definition) is 1. The van der Waals surface area contributed by atoms with Gasteiger partial charge in [0.1, 0.15) is 0 Å². The maximum Gasteiger partial charge on any atom is 0.222 e. The number of nitrogens with two attached hydrogens (primary N) is 1. The number of hydrogen-bond acceptors (Lipinski definition) is 2. The lowest BCUT2D eigenvalue weighted by Gasteiger charge is -2.19. The summed E-state index contributed by atoms with van der Waals surface area (Å²) in [5.74, 6) is 0.738. The van der Waals surface area contributed by atoms with Crippen LogP contribution in [0.1, 0.15) is 19.8 Å². The molecule has 0 bridgehead atoms. The van der Waals surface area contributed by atoms with Crippen LogP contribution >= 0.6 is 0 Å². The molecule has 3 nitrogen and oxygen atoms in total. The van der Waals surface area contributed by atoms with Crippen LogP contribution in [-0.4, -0.2) is 30.4 Å². The first-order valence-electron chi connectivity index (χ1n) is 4.22. The standard InChI is InChI=1S/C8H16N2O/c1-7(5-9)6-10-4-2-3-8(10)11/h7H,2-6,9H2,1H3. The molecule has 1 aliphatic rings. The zero-order valence-corrected chi connectivity index (χ0v) is 7.05. The second kappa shape index (κ2) is 3.72. The number of nitrogens with zero attached hydrogens (tertiary/aromatic N) is 1. The molecule has 0 radical (unpaired) electrons. The van der Waals surface area contributed by atoms with Crippen LogP contribution in [0.4, 0.5) is 0 Å². The predicted octanol–water partition coefficient (Wildman–Crippen LogP) is 0.204. The number of carbonyl (C=O) groups excluding carboxylic acids is 1. The van der Waals surface area contributed by atoms with E-state index in [-0.39, 0.29) is 0 Å². The van der Waals surface area contributed by atoms with E-state index in [1.807, 2.05) is 4.90 Å². The Kier molecular flexibility index (Phi) is 2.88. The molecule has 0 aromatic heterocycles. The van der Waals surface area contributed by atoms with E-state index < -0.39 is 0 Å². The highest BCUT2D eigenvalue weighted by molar-refractivity contribution is 5.78. The van der Waals surface area contributed by atoms with Crippen molar-refractivity contribution in [1.82, 2.24) is 4.90 Å². The summed E-state index contributed by atoms with van der Waals surface area (Å²) in [6, 6.07) is 0. The fourth-order valence-corrected chi connectivity index (χ4v) is 1.35. The minimum Gasteiger partial charge on any atom is -0.342 e. The van der Waals surface area contributed by atoms with Crippen molar-refractivity contribution in [3.05, 3.63) is 0 Å². The Morgan fingerprint density at radius 1 is 1.73 bits per heavy atom. The van der Waals surface area contributed by atoms with Crippen molar-refractivity contribution >= 4 is 5.91 Å². The molecule has 0 aromatic rings. The van der Waals surface area contributed by atoms with Crippen molar-refractivity contribution in [3.63, 3.8) is 0 Å². The first-order chi connectivity index (χ1) is 5.24. The van der Waals surface area contributed by atoms with E-state index in [2.05, 4.69) is 6.92 Å². The summed E-state index contributed by atoms with van der Waals surface area (Å²) < 4.78 is 0. The third-order valence-corrected chi connectivity index (χ3v) is 2.11. The number of amides is 1. The molecule has 2 N–H and O–H groups in total. The van der Waals surface area contributed by atoms with Crippen molar-refractivity contribution in [2.24, 2.45) is 11.7 Å². The van der Waals surface area contributed by atoms with Gasteiger partial charge in [-0.25, -0.2) is 0 Å². The molecule has 0 spiro atoms.